The molecule has 2 amide bonds. The van der Waals surface area contributed by atoms with E-state index in [2.05, 4.69) is 0 Å². The molecule has 4 rings (SSSR count). The average molecular weight is 527 g/mol. The molecule has 0 spiro atoms. The van der Waals surface area contributed by atoms with Crippen LogP contribution in [0.4, 0.5) is 17.6 Å². The normalized spacial score (nSPS) is 23.5. The van der Waals surface area contributed by atoms with Crippen molar-refractivity contribution in [3.63, 3.8) is 0 Å². The highest BCUT2D eigenvalue weighted by molar-refractivity contribution is 7.90. The number of carbonyl (C=O) groups excluding carboxylic acids is 2. The minimum Gasteiger partial charge on any atom is -0.368 e. The Hall–Kier alpha value is -2.95. The molecule has 0 aromatic heterocycles. The largest absolute Gasteiger partial charge is 0.416 e. The summed E-state index contributed by atoms with van der Waals surface area (Å²) in [4.78, 5) is 28.1. The molecule has 1 heterocycles. The van der Waals surface area contributed by atoms with Gasteiger partial charge in [0.05, 0.1) is 10.5 Å². The fourth-order valence-electron chi connectivity index (χ4n) is 5.43. The van der Waals surface area contributed by atoms with Gasteiger partial charge in [0.25, 0.3) is 5.91 Å². The third-order valence-electron chi connectivity index (χ3n) is 7.09. The molecule has 2 N–H and O–H groups in total. The maximum atomic E-state index is 15.2. The van der Waals surface area contributed by atoms with Crippen molar-refractivity contribution in [3.8, 4) is 0 Å². The number of carbonyl (C=O) groups is 2. The zero-order valence-electron chi connectivity index (χ0n) is 19.7. The van der Waals surface area contributed by atoms with Gasteiger partial charge in [-0.25, -0.2) is 12.8 Å². The van der Waals surface area contributed by atoms with Crippen LogP contribution in [0, 0.1) is 17.7 Å². The Morgan fingerprint density at radius 2 is 1.81 bits per heavy atom. The Morgan fingerprint density at radius 1 is 1.14 bits per heavy atom. The summed E-state index contributed by atoms with van der Waals surface area (Å²) in [5, 5.41) is 0. The predicted molar refractivity (Wildman–Crippen MR) is 123 cm³/mol. The van der Waals surface area contributed by atoms with Gasteiger partial charge in [-0.15, -0.1) is 0 Å². The van der Waals surface area contributed by atoms with Crippen LogP contribution in [-0.2, 0) is 20.8 Å². The number of halogens is 4. The van der Waals surface area contributed by atoms with Crippen molar-refractivity contribution in [1.82, 2.24) is 4.90 Å². The minimum atomic E-state index is -4.75. The fourth-order valence-corrected chi connectivity index (χ4v) is 6.10. The second kappa shape index (κ2) is 8.86. The standard InChI is InChI=1S/C25H26F4N2O4S/c1-14-12-24(23(30)33,31(13-14)22(32)16-4-3-5-18(10-16)36(2,34)35)21(15-6-7-15)19-9-8-17(11-20(19)26)25(27,28)29/h3-5,8-11,14-15,21H,6-7,12-13H2,1-2H3,(H2,30,33)/t14?,21-,24+/m1/s1. The minimum absolute atomic E-state index is 0.0140. The Balaban J connectivity index is 1.85. The summed E-state index contributed by atoms with van der Waals surface area (Å²) in [7, 11) is -3.63. The zero-order valence-corrected chi connectivity index (χ0v) is 20.5. The van der Waals surface area contributed by atoms with Gasteiger partial charge in [-0.2, -0.15) is 13.2 Å². The molecule has 1 aliphatic carbocycles. The number of benzene rings is 2. The first-order valence-corrected chi connectivity index (χ1v) is 13.3. The lowest BCUT2D eigenvalue weighted by molar-refractivity contribution is -0.138. The second-order valence-corrected chi connectivity index (χ2v) is 11.9. The fraction of sp³-hybridized carbons (Fsp3) is 0.440. The molecule has 2 aliphatic rings. The molecule has 2 aromatic carbocycles. The molecule has 1 saturated carbocycles. The summed E-state index contributed by atoms with van der Waals surface area (Å²) in [6.45, 7) is 1.89. The molecule has 0 bridgehead atoms. The van der Waals surface area contributed by atoms with Crippen molar-refractivity contribution < 1.29 is 35.6 Å². The average Bonchev–Trinajstić information content (AvgIpc) is 3.55. The van der Waals surface area contributed by atoms with E-state index in [1.54, 1.807) is 6.92 Å². The smallest absolute Gasteiger partial charge is 0.368 e. The number of sulfone groups is 1. The van der Waals surface area contributed by atoms with E-state index in [9.17, 15) is 31.2 Å². The molecular formula is C25H26F4N2O4S. The van der Waals surface area contributed by atoms with Gasteiger partial charge >= 0.3 is 6.18 Å². The molecule has 6 nitrogen and oxygen atoms in total. The lowest BCUT2D eigenvalue weighted by atomic mass is 9.72. The number of alkyl halides is 3. The molecule has 1 saturated heterocycles. The van der Waals surface area contributed by atoms with Gasteiger partial charge in [-0.05, 0) is 67.0 Å². The number of hydrogen-bond acceptors (Lipinski definition) is 4. The molecule has 36 heavy (non-hydrogen) atoms. The summed E-state index contributed by atoms with van der Waals surface area (Å²) in [5.41, 5.74) is 2.99. The molecule has 1 unspecified atom stereocenters. The Bertz CT molecular complexity index is 1320. The summed E-state index contributed by atoms with van der Waals surface area (Å²) < 4.78 is 78.7. The molecule has 3 atom stereocenters. The van der Waals surface area contributed by atoms with Crippen LogP contribution in [0.1, 0.15) is 53.6 Å². The lowest BCUT2D eigenvalue weighted by Gasteiger charge is -2.43. The van der Waals surface area contributed by atoms with Crippen LogP contribution in [0.25, 0.3) is 0 Å². The third-order valence-corrected chi connectivity index (χ3v) is 8.20. The van der Waals surface area contributed by atoms with Crippen molar-refractivity contribution in [2.24, 2.45) is 17.6 Å². The van der Waals surface area contributed by atoms with Gasteiger partial charge in [0.15, 0.2) is 9.84 Å². The highest BCUT2D eigenvalue weighted by Crippen LogP contribution is 2.55. The number of nitrogens with zero attached hydrogens (tertiary/aromatic N) is 1. The first-order chi connectivity index (χ1) is 16.7. The van der Waals surface area contributed by atoms with Gasteiger partial charge in [-0.3, -0.25) is 9.59 Å². The van der Waals surface area contributed by atoms with Crippen LogP contribution in [0.15, 0.2) is 47.4 Å². The van der Waals surface area contributed by atoms with Crippen LogP contribution in [0.2, 0.25) is 0 Å². The van der Waals surface area contributed by atoms with Crippen molar-refractivity contribution in [3.05, 3.63) is 65.0 Å². The van der Waals surface area contributed by atoms with E-state index < -0.39 is 50.7 Å². The van der Waals surface area contributed by atoms with Crippen molar-refractivity contribution in [2.75, 3.05) is 12.8 Å². The Kier molecular flexibility index (Phi) is 6.43. The quantitative estimate of drug-likeness (QED) is 0.572. The van der Waals surface area contributed by atoms with Gasteiger partial charge < -0.3 is 10.6 Å². The predicted octanol–water partition coefficient (Wildman–Crippen LogP) is 4.15. The zero-order chi connectivity index (χ0) is 26.6. The summed E-state index contributed by atoms with van der Waals surface area (Å²) in [6.07, 6.45) is -2.45. The first-order valence-electron chi connectivity index (χ1n) is 11.4. The first kappa shape index (κ1) is 26.1. The molecule has 2 fully saturated rings. The van der Waals surface area contributed by atoms with E-state index >= 15 is 4.39 Å². The molecule has 0 radical (unpaired) electrons. The van der Waals surface area contributed by atoms with Gasteiger partial charge in [0.2, 0.25) is 5.91 Å². The van der Waals surface area contributed by atoms with Gasteiger partial charge in [-0.1, -0.05) is 19.1 Å². The van der Waals surface area contributed by atoms with Gasteiger partial charge in [0.1, 0.15) is 11.4 Å². The molecule has 11 heteroatoms. The molecular weight excluding hydrogens is 500 g/mol. The van der Waals surface area contributed by atoms with E-state index in [0.29, 0.717) is 18.9 Å². The van der Waals surface area contributed by atoms with Crippen molar-refractivity contribution in [1.29, 1.82) is 0 Å². The van der Waals surface area contributed by atoms with E-state index in [1.807, 2.05) is 0 Å². The monoisotopic (exact) mass is 526 g/mol. The summed E-state index contributed by atoms with van der Waals surface area (Å²) in [6, 6.07) is 7.56. The van der Waals surface area contributed by atoms with Crippen LogP contribution in [0.3, 0.4) is 0 Å². The number of rotatable bonds is 6. The van der Waals surface area contributed by atoms with Gasteiger partial charge in [0, 0.05) is 24.3 Å². The van der Waals surface area contributed by atoms with Crippen LogP contribution in [-0.4, -0.2) is 43.5 Å². The van der Waals surface area contributed by atoms with E-state index in [4.69, 9.17) is 5.73 Å². The van der Waals surface area contributed by atoms with Crippen LogP contribution < -0.4 is 5.73 Å². The van der Waals surface area contributed by atoms with E-state index in [1.165, 1.54) is 29.2 Å². The topological polar surface area (TPSA) is 97.5 Å². The lowest BCUT2D eigenvalue weighted by Crippen LogP contribution is -2.60. The summed E-state index contributed by atoms with van der Waals surface area (Å²) in [5.74, 6) is -4.08. The highest BCUT2D eigenvalue weighted by atomic mass is 32.2. The maximum absolute atomic E-state index is 15.2. The van der Waals surface area contributed by atoms with E-state index in [-0.39, 0.29) is 40.8 Å². The van der Waals surface area contributed by atoms with Crippen LogP contribution >= 0.6 is 0 Å². The molecule has 194 valence electrons. The number of hydrogen-bond donors (Lipinski definition) is 1. The van der Waals surface area contributed by atoms with Crippen LogP contribution in [0.5, 0.6) is 0 Å². The Morgan fingerprint density at radius 3 is 2.33 bits per heavy atom. The van der Waals surface area contributed by atoms with Crippen molar-refractivity contribution in [2.45, 2.75) is 48.7 Å². The Labute approximate surface area is 206 Å². The number of nitrogens with two attached hydrogens (primary N) is 1. The second-order valence-electron chi connectivity index (χ2n) is 9.86. The number of amides is 2. The maximum Gasteiger partial charge on any atom is 0.416 e. The van der Waals surface area contributed by atoms with E-state index in [0.717, 1.165) is 18.4 Å². The third kappa shape index (κ3) is 4.60. The summed E-state index contributed by atoms with van der Waals surface area (Å²) >= 11 is 0. The SMILES string of the molecule is CC1CN(C(=O)c2cccc(S(C)(=O)=O)c2)[C@](C(N)=O)([C@@H](c2ccc(C(F)(F)F)cc2F)C2CC2)C1. The molecule has 1 aliphatic heterocycles. The molecule has 2 aromatic rings. The van der Waals surface area contributed by atoms with Crippen molar-refractivity contribution >= 4 is 21.7 Å². The highest BCUT2D eigenvalue weighted by Gasteiger charge is 2.60. The number of primary amides is 1. The number of likely N-dealkylation sites (tertiary alicyclic amines) is 1.